The van der Waals surface area contributed by atoms with Gasteiger partial charge in [-0.2, -0.15) is 0 Å². The van der Waals surface area contributed by atoms with Crippen molar-refractivity contribution in [2.45, 2.75) is 13.8 Å². The first kappa shape index (κ1) is 15.0. The Balaban J connectivity index is 1.79. The van der Waals surface area contributed by atoms with E-state index in [-0.39, 0.29) is 5.91 Å². The van der Waals surface area contributed by atoms with Gasteiger partial charge >= 0.3 is 0 Å². The molecule has 120 valence electrons. The molecule has 3 aromatic heterocycles. The monoisotopic (exact) mass is 354 g/mol. The molecule has 0 bridgehead atoms. The highest BCUT2D eigenvalue weighted by molar-refractivity contribution is 7.21. The number of nitrogens with one attached hydrogen (secondary N) is 1. The summed E-state index contributed by atoms with van der Waals surface area (Å²) < 4.78 is 0. The molecule has 0 aliphatic carbocycles. The standard InChI is InChI=1S/C17H14N4OS2/c1-8-3-4-12-10(5-8)6-11-13(18)14(24-16(11)20-12)15(22)21-17-19-9(2)7-23-17/h3-7H,18H2,1-2H3,(H,19,21,22). The van der Waals surface area contributed by atoms with Crippen molar-refractivity contribution in [3.63, 3.8) is 0 Å². The molecule has 1 aromatic carbocycles. The zero-order chi connectivity index (χ0) is 16.8. The highest BCUT2D eigenvalue weighted by Crippen LogP contribution is 2.35. The number of pyridine rings is 1. The van der Waals surface area contributed by atoms with Gasteiger partial charge in [0.25, 0.3) is 5.91 Å². The molecule has 0 unspecified atom stereocenters. The van der Waals surface area contributed by atoms with Gasteiger partial charge in [0.2, 0.25) is 0 Å². The minimum atomic E-state index is -0.245. The number of thiophene rings is 1. The first-order chi connectivity index (χ1) is 11.5. The third kappa shape index (κ3) is 2.51. The second-order valence-corrected chi connectivity index (χ2v) is 7.49. The molecule has 0 radical (unpaired) electrons. The Morgan fingerprint density at radius 1 is 1.21 bits per heavy atom. The van der Waals surface area contributed by atoms with Crippen molar-refractivity contribution >= 4 is 60.5 Å². The van der Waals surface area contributed by atoms with E-state index in [2.05, 4.69) is 21.4 Å². The summed E-state index contributed by atoms with van der Waals surface area (Å²) in [5.41, 5.74) is 9.63. The predicted octanol–water partition coefficient (Wildman–Crippen LogP) is 4.36. The van der Waals surface area contributed by atoms with Crippen molar-refractivity contribution < 1.29 is 4.79 Å². The van der Waals surface area contributed by atoms with Gasteiger partial charge in [-0.05, 0) is 32.0 Å². The Morgan fingerprint density at radius 2 is 2.04 bits per heavy atom. The third-order valence-electron chi connectivity index (χ3n) is 3.71. The van der Waals surface area contributed by atoms with Crippen molar-refractivity contribution in [3.8, 4) is 0 Å². The number of nitrogens with zero attached hydrogens (tertiary/aromatic N) is 2. The van der Waals surface area contributed by atoms with Gasteiger partial charge in [0, 0.05) is 16.2 Å². The van der Waals surface area contributed by atoms with E-state index in [1.807, 2.05) is 37.4 Å². The summed E-state index contributed by atoms with van der Waals surface area (Å²) >= 11 is 2.70. The summed E-state index contributed by atoms with van der Waals surface area (Å²) in [5, 5.41) is 7.11. The molecule has 1 amide bonds. The molecule has 7 heteroatoms. The topological polar surface area (TPSA) is 80.9 Å². The van der Waals surface area contributed by atoms with Crippen molar-refractivity contribution in [2.24, 2.45) is 0 Å². The lowest BCUT2D eigenvalue weighted by Crippen LogP contribution is -2.11. The van der Waals surface area contributed by atoms with Crippen LogP contribution in [0.2, 0.25) is 0 Å². The number of anilines is 2. The Hall–Kier alpha value is -2.51. The lowest BCUT2D eigenvalue weighted by molar-refractivity contribution is 0.103. The van der Waals surface area contributed by atoms with Crippen LogP contribution in [0.3, 0.4) is 0 Å². The average molecular weight is 354 g/mol. The van der Waals surface area contributed by atoms with Gasteiger partial charge in [0.05, 0.1) is 16.9 Å². The highest BCUT2D eigenvalue weighted by Gasteiger charge is 2.19. The summed E-state index contributed by atoms with van der Waals surface area (Å²) in [6.07, 6.45) is 0. The molecule has 0 spiro atoms. The summed E-state index contributed by atoms with van der Waals surface area (Å²) in [7, 11) is 0. The molecule has 3 heterocycles. The number of aromatic nitrogens is 2. The maximum Gasteiger partial charge on any atom is 0.269 e. The minimum absolute atomic E-state index is 0.245. The van der Waals surface area contributed by atoms with Gasteiger partial charge in [0.1, 0.15) is 9.71 Å². The van der Waals surface area contributed by atoms with Crippen LogP contribution in [0.4, 0.5) is 10.8 Å². The van der Waals surface area contributed by atoms with Crippen LogP contribution >= 0.6 is 22.7 Å². The van der Waals surface area contributed by atoms with Gasteiger partial charge in [-0.3, -0.25) is 10.1 Å². The summed E-state index contributed by atoms with van der Waals surface area (Å²) in [4.78, 5) is 22.6. The van der Waals surface area contributed by atoms with E-state index < -0.39 is 0 Å². The number of rotatable bonds is 2. The Kier molecular flexibility index (Phi) is 3.47. The van der Waals surface area contributed by atoms with Gasteiger partial charge in [-0.15, -0.1) is 22.7 Å². The number of amides is 1. The number of hydrogen-bond donors (Lipinski definition) is 2. The molecule has 0 aliphatic rings. The fourth-order valence-corrected chi connectivity index (χ4v) is 4.22. The summed E-state index contributed by atoms with van der Waals surface area (Å²) in [6, 6.07) is 8.08. The largest absolute Gasteiger partial charge is 0.397 e. The van der Waals surface area contributed by atoms with E-state index in [0.717, 1.165) is 32.4 Å². The lowest BCUT2D eigenvalue weighted by Gasteiger charge is -2.01. The van der Waals surface area contributed by atoms with Gasteiger partial charge in [-0.25, -0.2) is 9.97 Å². The Morgan fingerprint density at radius 3 is 2.79 bits per heavy atom. The van der Waals surface area contributed by atoms with Crippen LogP contribution in [0.25, 0.3) is 21.1 Å². The number of benzene rings is 1. The average Bonchev–Trinajstić information content (AvgIpc) is 3.09. The number of thiazole rings is 1. The lowest BCUT2D eigenvalue weighted by atomic mass is 10.1. The molecule has 0 saturated carbocycles. The summed E-state index contributed by atoms with van der Waals surface area (Å²) in [6.45, 7) is 3.92. The molecule has 3 N–H and O–H groups in total. The first-order valence-electron chi connectivity index (χ1n) is 7.34. The van der Waals surface area contributed by atoms with E-state index in [9.17, 15) is 4.79 Å². The second-order valence-electron chi connectivity index (χ2n) is 5.63. The van der Waals surface area contributed by atoms with Crippen LogP contribution in [-0.2, 0) is 0 Å². The van der Waals surface area contributed by atoms with E-state index in [1.165, 1.54) is 22.7 Å². The quantitative estimate of drug-likeness (QED) is 0.560. The molecule has 0 saturated heterocycles. The van der Waals surface area contributed by atoms with Crippen molar-refractivity contribution in [2.75, 3.05) is 11.1 Å². The molecular formula is C17H14N4OS2. The Bertz CT molecular complexity index is 1100. The van der Waals surface area contributed by atoms with Gasteiger partial charge < -0.3 is 5.73 Å². The zero-order valence-electron chi connectivity index (χ0n) is 13.1. The fraction of sp³-hybridized carbons (Fsp3) is 0.118. The predicted molar refractivity (Wildman–Crippen MR) is 101 cm³/mol. The first-order valence-corrected chi connectivity index (χ1v) is 9.04. The molecule has 0 fully saturated rings. The molecule has 24 heavy (non-hydrogen) atoms. The molecular weight excluding hydrogens is 340 g/mol. The van der Waals surface area contributed by atoms with Crippen LogP contribution in [-0.4, -0.2) is 15.9 Å². The zero-order valence-corrected chi connectivity index (χ0v) is 14.7. The van der Waals surface area contributed by atoms with Crippen molar-refractivity contribution in [3.05, 3.63) is 45.8 Å². The van der Waals surface area contributed by atoms with E-state index in [1.54, 1.807) is 0 Å². The number of nitrogen functional groups attached to an aromatic ring is 1. The summed E-state index contributed by atoms with van der Waals surface area (Å²) in [5.74, 6) is -0.245. The minimum Gasteiger partial charge on any atom is -0.397 e. The maximum atomic E-state index is 12.5. The smallest absolute Gasteiger partial charge is 0.269 e. The Labute approximate surface area is 146 Å². The highest BCUT2D eigenvalue weighted by atomic mass is 32.1. The van der Waals surface area contributed by atoms with Crippen molar-refractivity contribution in [1.29, 1.82) is 0 Å². The van der Waals surface area contributed by atoms with Crippen molar-refractivity contribution in [1.82, 2.24) is 9.97 Å². The molecule has 4 aromatic rings. The van der Waals surface area contributed by atoms with Crippen LogP contribution in [0.1, 0.15) is 20.9 Å². The maximum absolute atomic E-state index is 12.5. The van der Waals surface area contributed by atoms with Crippen LogP contribution in [0.5, 0.6) is 0 Å². The van der Waals surface area contributed by atoms with Crippen LogP contribution in [0, 0.1) is 13.8 Å². The van der Waals surface area contributed by atoms with Crippen LogP contribution in [0.15, 0.2) is 29.6 Å². The molecule has 0 aliphatic heterocycles. The number of hydrogen-bond acceptors (Lipinski definition) is 6. The SMILES string of the molecule is Cc1ccc2nc3sc(C(=O)Nc4nc(C)cs4)c(N)c3cc2c1. The van der Waals surface area contributed by atoms with Gasteiger partial charge in [0.15, 0.2) is 5.13 Å². The molecule has 5 nitrogen and oxygen atoms in total. The second kappa shape index (κ2) is 5.54. The number of fused-ring (bicyclic) bond motifs is 2. The third-order valence-corrected chi connectivity index (χ3v) is 5.70. The number of carbonyl (C=O) groups is 1. The number of carbonyl (C=O) groups excluding carboxylic acids is 1. The van der Waals surface area contributed by atoms with E-state index in [4.69, 9.17) is 5.73 Å². The fourth-order valence-electron chi connectivity index (χ4n) is 2.56. The molecule has 4 rings (SSSR count). The number of nitrogens with two attached hydrogens (primary N) is 1. The number of aryl methyl sites for hydroxylation is 2. The molecule has 0 atom stereocenters. The normalized spacial score (nSPS) is 11.2. The van der Waals surface area contributed by atoms with Crippen LogP contribution < -0.4 is 11.1 Å². The van der Waals surface area contributed by atoms with E-state index >= 15 is 0 Å². The van der Waals surface area contributed by atoms with Gasteiger partial charge in [-0.1, -0.05) is 11.6 Å². The van der Waals surface area contributed by atoms with E-state index in [0.29, 0.717) is 15.7 Å².